The highest BCUT2D eigenvalue weighted by molar-refractivity contribution is 5.62. The fourth-order valence-electron chi connectivity index (χ4n) is 1.27. The van der Waals surface area contributed by atoms with Crippen LogP contribution in [0.15, 0.2) is 18.2 Å². The Labute approximate surface area is 90.2 Å². The molecule has 0 saturated carbocycles. The van der Waals surface area contributed by atoms with Crippen LogP contribution < -0.4 is 4.90 Å². The molecule has 3 heteroatoms. The van der Waals surface area contributed by atoms with Gasteiger partial charge in [-0.25, -0.2) is 0 Å². The normalized spacial score (nSPS) is 9.47. The van der Waals surface area contributed by atoms with Crippen molar-refractivity contribution in [1.82, 2.24) is 0 Å². The zero-order chi connectivity index (χ0) is 11.4. The molecule has 0 fully saturated rings. The molecule has 3 nitrogen and oxygen atoms in total. The fraction of sp³-hybridized carbons (Fsp3) is 0.333. The minimum absolute atomic E-state index is 0.297. The highest BCUT2D eigenvalue weighted by Crippen LogP contribution is 2.22. The molecule has 0 aliphatic rings. The molecule has 0 amide bonds. The van der Waals surface area contributed by atoms with E-state index in [-0.39, 0.29) is 0 Å². The highest BCUT2D eigenvalue weighted by atomic mass is 15.1. The smallest absolute Gasteiger partial charge is 0.101 e. The predicted octanol–water partition coefficient (Wildman–Crippen LogP) is 2.27. The molecule has 0 heterocycles. The summed E-state index contributed by atoms with van der Waals surface area (Å²) in [5.74, 6) is 0. The first-order chi connectivity index (χ1) is 7.10. The Balaban J connectivity index is 3.26. The summed E-state index contributed by atoms with van der Waals surface area (Å²) in [5.41, 5.74) is 1.99. The van der Waals surface area contributed by atoms with Gasteiger partial charge in [0.05, 0.1) is 22.9 Å². The van der Waals surface area contributed by atoms with Crippen LogP contribution in [-0.4, -0.2) is 13.1 Å². The van der Waals surface area contributed by atoms with Gasteiger partial charge < -0.3 is 4.90 Å². The molecule has 1 aromatic rings. The maximum absolute atomic E-state index is 8.95. The van der Waals surface area contributed by atoms with Crippen molar-refractivity contribution in [2.75, 3.05) is 11.9 Å². The lowest BCUT2D eigenvalue weighted by molar-refractivity contribution is 0.753. The monoisotopic (exact) mass is 199 g/mol. The van der Waals surface area contributed by atoms with Crippen LogP contribution in [0.1, 0.15) is 25.0 Å². The third kappa shape index (κ3) is 2.27. The Kier molecular flexibility index (Phi) is 3.31. The maximum Gasteiger partial charge on any atom is 0.101 e. The van der Waals surface area contributed by atoms with Crippen LogP contribution in [0.4, 0.5) is 5.69 Å². The second kappa shape index (κ2) is 4.48. The van der Waals surface area contributed by atoms with E-state index < -0.39 is 0 Å². The Hall–Kier alpha value is -2.00. The van der Waals surface area contributed by atoms with Gasteiger partial charge in [-0.3, -0.25) is 0 Å². The van der Waals surface area contributed by atoms with Crippen molar-refractivity contribution < 1.29 is 0 Å². The number of rotatable bonds is 2. The van der Waals surface area contributed by atoms with Crippen molar-refractivity contribution in [2.24, 2.45) is 0 Å². The van der Waals surface area contributed by atoms with Crippen LogP contribution >= 0.6 is 0 Å². The van der Waals surface area contributed by atoms with Gasteiger partial charge in [-0.2, -0.15) is 10.5 Å². The first-order valence-electron chi connectivity index (χ1n) is 4.77. The van der Waals surface area contributed by atoms with Crippen LogP contribution in [0.5, 0.6) is 0 Å². The molecule has 0 aliphatic carbocycles. The summed E-state index contributed by atoms with van der Waals surface area (Å²) in [7, 11) is 1.92. The number of hydrogen-bond acceptors (Lipinski definition) is 3. The second-order valence-corrected chi connectivity index (χ2v) is 3.66. The topological polar surface area (TPSA) is 50.8 Å². The van der Waals surface area contributed by atoms with Gasteiger partial charge in [0.15, 0.2) is 0 Å². The largest absolute Gasteiger partial charge is 0.371 e. The number of nitrogens with zero attached hydrogens (tertiary/aromatic N) is 3. The summed E-state index contributed by atoms with van der Waals surface area (Å²) in [4.78, 5) is 1.99. The van der Waals surface area contributed by atoms with Gasteiger partial charge in [-0.05, 0) is 32.0 Å². The molecule has 0 bridgehead atoms. The molecule has 1 aromatic carbocycles. The highest BCUT2D eigenvalue weighted by Gasteiger charge is 2.10. The average Bonchev–Trinajstić information content (AvgIpc) is 2.27. The molecule has 0 aromatic heterocycles. The van der Waals surface area contributed by atoms with E-state index in [1.54, 1.807) is 18.2 Å². The third-order valence-electron chi connectivity index (χ3n) is 2.40. The summed E-state index contributed by atoms with van der Waals surface area (Å²) in [6.07, 6.45) is 0. The Morgan fingerprint density at radius 2 is 1.87 bits per heavy atom. The van der Waals surface area contributed by atoms with Crippen molar-refractivity contribution >= 4 is 5.69 Å². The lowest BCUT2D eigenvalue weighted by Crippen LogP contribution is -2.26. The van der Waals surface area contributed by atoms with E-state index >= 15 is 0 Å². The maximum atomic E-state index is 8.95. The first-order valence-corrected chi connectivity index (χ1v) is 4.77. The van der Waals surface area contributed by atoms with Gasteiger partial charge in [-0.1, -0.05) is 0 Å². The quantitative estimate of drug-likeness (QED) is 0.734. The summed E-state index contributed by atoms with van der Waals surface area (Å²) >= 11 is 0. The summed E-state index contributed by atoms with van der Waals surface area (Å²) in [6, 6.07) is 9.60. The average molecular weight is 199 g/mol. The van der Waals surface area contributed by atoms with Gasteiger partial charge >= 0.3 is 0 Å². The minimum Gasteiger partial charge on any atom is -0.371 e. The van der Waals surface area contributed by atoms with Crippen molar-refractivity contribution in [3.05, 3.63) is 29.3 Å². The van der Waals surface area contributed by atoms with Gasteiger partial charge in [0.1, 0.15) is 6.07 Å². The van der Waals surface area contributed by atoms with Crippen molar-refractivity contribution in [3.63, 3.8) is 0 Å². The molecule has 0 aliphatic heterocycles. The molecule has 0 N–H and O–H groups in total. The Morgan fingerprint density at radius 3 is 2.33 bits per heavy atom. The number of nitriles is 2. The van der Waals surface area contributed by atoms with Crippen LogP contribution in [-0.2, 0) is 0 Å². The first kappa shape index (κ1) is 11.1. The van der Waals surface area contributed by atoms with E-state index in [4.69, 9.17) is 10.5 Å². The van der Waals surface area contributed by atoms with E-state index in [2.05, 4.69) is 12.1 Å². The number of benzene rings is 1. The standard InChI is InChI=1S/C12H13N3/c1-9(2)15(3)12-6-10(7-13)4-5-11(12)8-14/h4-6,9H,1-3H3. The molecular formula is C12H13N3. The number of hydrogen-bond donors (Lipinski definition) is 0. The Morgan fingerprint density at radius 1 is 1.20 bits per heavy atom. The fourth-order valence-corrected chi connectivity index (χ4v) is 1.27. The van der Waals surface area contributed by atoms with Crippen molar-refractivity contribution in [1.29, 1.82) is 10.5 Å². The van der Waals surface area contributed by atoms with E-state index in [9.17, 15) is 0 Å². The van der Waals surface area contributed by atoms with E-state index in [0.29, 0.717) is 17.2 Å². The van der Waals surface area contributed by atoms with Gasteiger partial charge in [-0.15, -0.1) is 0 Å². The number of anilines is 1. The predicted molar refractivity (Wildman–Crippen MR) is 59.4 cm³/mol. The zero-order valence-electron chi connectivity index (χ0n) is 9.15. The minimum atomic E-state index is 0.297. The van der Waals surface area contributed by atoms with Crippen LogP contribution in [0.25, 0.3) is 0 Å². The molecule has 0 saturated heterocycles. The molecule has 15 heavy (non-hydrogen) atoms. The third-order valence-corrected chi connectivity index (χ3v) is 2.40. The molecule has 0 radical (unpaired) electrons. The summed E-state index contributed by atoms with van der Waals surface area (Å²) in [6.45, 7) is 4.08. The van der Waals surface area contributed by atoms with Gasteiger partial charge in [0, 0.05) is 13.1 Å². The van der Waals surface area contributed by atoms with Crippen molar-refractivity contribution in [2.45, 2.75) is 19.9 Å². The van der Waals surface area contributed by atoms with Gasteiger partial charge in [0.25, 0.3) is 0 Å². The zero-order valence-corrected chi connectivity index (χ0v) is 9.15. The molecule has 0 unspecified atom stereocenters. The van der Waals surface area contributed by atoms with E-state index in [1.165, 1.54) is 0 Å². The van der Waals surface area contributed by atoms with Crippen molar-refractivity contribution in [3.8, 4) is 12.1 Å². The van der Waals surface area contributed by atoms with Gasteiger partial charge in [0.2, 0.25) is 0 Å². The molecular weight excluding hydrogens is 186 g/mol. The van der Waals surface area contributed by atoms with Crippen LogP contribution in [0.3, 0.4) is 0 Å². The van der Waals surface area contributed by atoms with E-state index in [0.717, 1.165) is 5.69 Å². The SMILES string of the molecule is CC(C)N(C)c1cc(C#N)ccc1C#N. The lowest BCUT2D eigenvalue weighted by Gasteiger charge is -2.24. The van der Waals surface area contributed by atoms with Crippen LogP contribution in [0.2, 0.25) is 0 Å². The summed E-state index contributed by atoms with van der Waals surface area (Å²) in [5, 5.41) is 17.7. The van der Waals surface area contributed by atoms with Crippen LogP contribution in [0, 0.1) is 22.7 Å². The molecule has 0 atom stereocenters. The summed E-state index contributed by atoms with van der Waals surface area (Å²) < 4.78 is 0. The van der Waals surface area contributed by atoms with E-state index in [1.807, 2.05) is 25.8 Å². The second-order valence-electron chi connectivity index (χ2n) is 3.66. The molecule has 76 valence electrons. The lowest BCUT2D eigenvalue weighted by atomic mass is 10.1. The molecule has 1 rings (SSSR count). The Bertz CT molecular complexity index is 435. The molecule has 0 spiro atoms.